The Bertz CT molecular complexity index is 1790. The molecule has 5 rings (SSSR count). The minimum atomic E-state index is -0.559. The molecule has 0 atom stereocenters. The second-order valence-corrected chi connectivity index (χ2v) is 10.6. The Morgan fingerprint density at radius 2 is 1.70 bits per heavy atom. The number of para-hydroxylation sites is 1. The van der Waals surface area contributed by atoms with Crippen molar-refractivity contribution in [3.05, 3.63) is 130 Å². The number of anilines is 1. The predicted molar refractivity (Wildman–Crippen MR) is 168 cm³/mol. The van der Waals surface area contributed by atoms with E-state index < -0.39 is 17.6 Å². The molecule has 0 aliphatic carbocycles. The van der Waals surface area contributed by atoms with Gasteiger partial charge in [-0.1, -0.05) is 28.1 Å². The van der Waals surface area contributed by atoms with Gasteiger partial charge in [0, 0.05) is 27.1 Å². The number of aromatic nitrogens is 1. The van der Waals surface area contributed by atoms with Crippen LogP contribution < -0.4 is 20.2 Å². The number of furan rings is 1. The van der Waals surface area contributed by atoms with Crippen molar-refractivity contribution in [1.29, 1.82) is 0 Å². The first-order valence-electron chi connectivity index (χ1n) is 13.5. The fraction of sp³-hybridized carbons (Fsp3) is 0.121. The molecule has 2 amide bonds. The summed E-state index contributed by atoms with van der Waals surface area (Å²) in [5.74, 6) is -0.115. The zero-order chi connectivity index (χ0) is 31.1. The summed E-state index contributed by atoms with van der Waals surface area (Å²) >= 11 is 3.39. The molecule has 44 heavy (non-hydrogen) atoms. The molecule has 0 saturated carbocycles. The Balaban J connectivity index is 1.13. The molecular formula is C33H28BrFN4O5. The number of nitrogens with zero attached hydrogens (tertiary/aromatic N) is 2. The normalized spacial score (nSPS) is 11.0. The van der Waals surface area contributed by atoms with Gasteiger partial charge in [0.15, 0.2) is 12.4 Å². The molecular weight excluding hydrogens is 631 g/mol. The maximum absolute atomic E-state index is 13.8. The average molecular weight is 660 g/mol. The van der Waals surface area contributed by atoms with E-state index in [9.17, 15) is 14.0 Å². The summed E-state index contributed by atoms with van der Waals surface area (Å²) in [6.07, 6.45) is 1.38. The number of carbonyl (C=O) groups excluding carboxylic acids is 2. The van der Waals surface area contributed by atoms with E-state index in [0.717, 1.165) is 21.5 Å². The lowest BCUT2D eigenvalue weighted by molar-refractivity contribution is -0.118. The van der Waals surface area contributed by atoms with E-state index >= 15 is 0 Å². The van der Waals surface area contributed by atoms with Gasteiger partial charge in [-0.3, -0.25) is 9.59 Å². The molecule has 224 valence electrons. The van der Waals surface area contributed by atoms with Gasteiger partial charge < -0.3 is 23.8 Å². The zero-order valence-corrected chi connectivity index (χ0v) is 25.4. The Morgan fingerprint density at radius 3 is 2.45 bits per heavy atom. The van der Waals surface area contributed by atoms with Gasteiger partial charge in [-0.15, -0.1) is 0 Å². The first-order chi connectivity index (χ1) is 21.3. The van der Waals surface area contributed by atoms with E-state index in [0.29, 0.717) is 22.8 Å². The topological polar surface area (TPSA) is 107 Å². The highest BCUT2D eigenvalue weighted by molar-refractivity contribution is 9.10. The summed E-state index contributed by atoms with van der Waals surface area (Å²) in [4.78, 5) is 24.9. The van der Waals surface area contributed by atoms with E-state index in [2.05, 4.69) is 62.3 Å². The number of hydrogen-bond donors (Lipinski definition) is 2. The minimum absolute atomic E-state index is 0.0569. The lowest BCUT2D eigenvalue weighted by atomic mass is 10.2. The molecule has 5 aromatic rings. The van der Waals surface area contributed by atoms with Crippen molar-refractivity contribution in [3.8, 4) is 17.2 Å². The first kappa shape index (κ1) is 30.3. The highest BCUT2D eigenvalue weighted by Crippen LogP contribution is 2.23. The number of hydrazone groups is 1. The van der Waals surface area contributed by atoms with E-state index in [4.69, 9.17) is 13.9 Å². The molecule has 2 N–H and O–H groups in total. The summed E-state index contributed by atoms with van der Waals surface area (Å²) in [7, 11) is 0. The van der Waals surface area contributed by atoms with Gasteiger partial charge in [-0.05, 0) is 92.7 Å². The van der Waals surface area contributed by atoms with Crippen LogP contribution in [0.15, 0.2) is 105 Å². The van der Waals surface area contributed by atoms with Gasteiger partial charge in [-0.25, -0.2) is 9.82 Å². The third-order valence-corrected chi connectivity index (χ3v) is 6.97. The molecule has 2 heterocycles. The fourth-order valence-corrected chi connectivity index (χ4v) is 4.74. The van der Waals surface area contributed by atoms with Crippen molar-refractivity contribution >= 4 is 39.6 Å². The Hall–Kier alpha value is -5.16. The van der Waals surface area contributed by atoms with E-state index in [1.807, 2.05) is 24.3 Å². The van der Waals surface area contributed by atoms with Crippen LogP contribution in [0.1, 0.15) is 33.3 Å². The Kier molecular flexibility index (Phi) is 9.56. The smallest absolute Gasteiger partial charge is 0.307 e. The van der Waals surface area contributed by atoms with Crippen LogP contribution in [-0.2, 0) is 11.4 Å². The third kappa shape index (κ3) is 7.61. The minimum Gasteiger partial charge on any atom is -0.486 e. The maximum atomic E-state index is 13.8. The van der Waals surface area contributed by atoms with Crippen LogP contribution in [0.5, 0.6) is 11.5 Å². The number of aryl methyl sites for hydroxylation is 2. The molecule has 0 bridgehead atoms. The maximum Gasteiger partial charge on any atom is 0.307 e. The van der Waals surface area contributed by atoms with Gasteiger partial charge in [-0.2, -0.15) is 5.10 Å². The monoisotopic (exact) mass is 658 g/mol. The van der Waals surface area contributed by atoms with Gasteiger partial charge in [0.25, 0.3) is 5.91 Å². The summed E-state index contributed by atoms with van der Waals surface area (Å²) < 4.78 is 33.8. The number of amides is 2. The number of carbonyl (C=O) groups is 2. The van der Waals surface area contributed by atoms with E-state index in [-0.39, 0.29) is 24.7 Å². The number of nitrogens with one attached hydrogen (secondary N) is 2. The molecule has 0 fully saturated rings. The summed E-state index contributed by atoms with van der Waals surface area (Å²) in [6.45, 7) is 3.89. The number of benzene rings is 3. The SMILES string of the molecule is Cc1ccc(C)n1-c1ccc(OCc2ccc(C(=O)N/N=C/c3cc(Br)ccc3OCC(=O)Nc3ccccc3F)o2)cc1. The molecule has 3 aromatic carbocycles. The molecule has 0 aliphatic heterocycles. The van der Waals surface area contributed by atoms with Crippen molar-refractivity contribution in [2.24, 2.45) is 5.10 Å². The largest absolute Gasteiger partial charge is 0.486 e. The van der Waals surface area contributed by atoms with Crippen LogP contribution in [0, 0.1) is 19.7 Å². The van der Waals surface area contributed by atoms with Crippen molar-refractivity contribution in [1.82, 2.24) is 9.99 Å². The first-order valence-corrected chi connectivity index (χ1v) is 14.3. The average Bonchev–Trinajstić information content (AvgIpc) is 3.63. The van der Waals surface area contributed by atoms with E-state index in [1.54, 1.807) is 30.3 Å². The van der Waals surface area contributed by atoms with E-state index in [1.165, 1.54) is 30.5 Å². The van der Waals surface area contributed by atoms with Crippen LogP contribution >= 0.6 is 15.9 Å². The Labute approximate surface area is 261 Å². The molecule has 2 aromatic heterocycles. The van der Waals surface area contributed by atoms with Gasteiger partial charge in [0.1, 0.15) is 29.7 Å². The molecule has 0 saturated heterocycles. The van der Waals surface area contributed by atoms with Crippen LogP contribution in [-0.4, -0.2) is 29.2 Å². The van der Waals surface area contributed by atoms with Crippen molar-refractivity contribution < 1.29 is 27.9 Å². The second kappa shape index (κ2) is 13.9. The molecule has 0 spiro atoms. The highest BCUT2D eigenvalue weighted by atomic mass is 79.9. The number of rotatable bonds is 11. The molecule has 9 nitrogen and oxygen atoms in total. The van der Waals surface area contributed by atoms with Gasteiger partial charge in [0.05, 0.1) is 11.9 Å². The quantitative estimate of drug-likeness (QED) is 0.118. The highest BCUT2D eigenvalue weighted by Gasteiger charge is 2.13. The van der Waals surface area contributed by atoms with Crippen molar-refractivity contribution in [2.75, 3.05) is 11.9 Å². The van der Waals surface area contributed by atoms with Crippen LogP contribution in [0.25, 0.3) is 5.69 Å². The number of halogens is 2. The van der Waals surface area contributed by atoms with Crippen LogP contribution in [0.4, 0.5) is 10.1 Å². The van der Waals surface area contributed by atoms with Crippen LogP contribution in [0.2, 0.25) is 0 Å². The number of hydrogen-bond acceptors (Lipinski definition) is 6. The third-order valence-electron chi connectivity index (χ3n) is 6.48. The van der Waals surface area contributed by atoms with Crippen molar-refractivity contribution in [3.63, 3.8) is 0 Å². The van der Waals surface area contributed by atoms with Gasteiger partial charge >= 0.3 is 5.91 Å². The van der Waals surface area contributed by atoms with Crippen molar-refractivity contribution in [2.45, 2.75) is 20.5 Å². The Morgan fingerprint density at radius 1 is 0.955 bits per heavy atom. The second-order valence-electron chi connectivity index (χ2n) is 9.70. The fourth-order valence-electron chi connectivity index (χ4n) is 4.36. The lowest BCUT2D eigenvalue weighted by Crippen LogP contribution is -2.21. The van der Waals surface area contributed by atoms with Crippen LogP contribution in [0.3, 0.4) is 0 Å². The summed E-state index contributed by atoms with van der Waals surface area (Å²) in [5, 5.41) is 6.46. The summed E-state index contributed by atoms with van der Waals surface area (Å²) in [6, 6.07) is 26.0. The standard InChI is InChI=1S/C33H28BrFN4O5/c1-21-7-8-22(2)39(21)25-10-12-26(13-11-25)42-19-27-14-16-31(44-27)33(41)38-36-18-23-17-24(34)9-15-30(23)43-20-32(40)37-29-6-4-3-5-28(29)35/h3-18H,19-20H2,1-2H3,(H,37,40)(H,38,41)/b36-18+. The molecule has 0 radical (unpaired) electrons. The zero-order valence-electron chi connectivity index (χ0n) is 23.8. The lowest BCUT2D eigenvalue weighted by Gasteiger charge is -2.10. The predicted octanol–water partition coefficient (Wildman–Crippen LogP) is 6.95. The number of ether oxygens (including phenoxy) is 2. The van der Waals surface area contributed by atoms with Gasteiger partial charge in [0.2, 0.25) is 0 Å². The molecule has 0 unspecified atom stereocenters. The molecule has 11 heteroatoms. The molecule has 0 aliphatic rings. The summed E-state index contributed by atoms with van der Waals surface area (Å²) in [5.41, 5.74) is 6.30.